The summed E-state index contributed by atoms with van der Waals surface area (Å²) in [5.74, 6) is 1.08. The van der Waals surface area contributed by atoms with Gasteiger partial charge in [-0.1, -0.05) is 30.3 Å². The van der Waals surface area contributed by atoms with Crippen molar-refractivity contribution in [1.82, 2.24) is 14.3 Å². The number of halogens is 1. The molecular formula is C23H24FN4OS+. The molecule has 30 heavy (non-hydrogen) atoms. The maximum atomic E-state index is 14.2. The van der Waals surface area contributed by atoms with Crippen molar-refractivity contribution >= 4 is 23.0 Å². The first-order valence-electron chi connectivity index (χ1n) is 9.73. The molecule has 0 spiro atoms. The minimum absolute atomic E-state index is 0.304. The molecule has 0 aliphatic carbocycles. The minimum Gasteiger partial charge on any atom is -0.497 e. The zero-order chi connectivity index (χ0) is 21.3. The van der Waals surface area contributed by atoms with E-state index >= 15 is 0 Å². The Hall–Kier alpha value is -3.03. The van der Waals surface area contributed by atoms with Crippen LogP contribution in [0.2, 0.25) is 0 Å². The van der Waals surface area contributed by atoms with Crippen molar-refractivity contribution in [2.45, 2.75) is 13.2 Å². The molecule has 4 rings (SSSR count). The van der Waals surface area contributed by atoms with E-state index in [2.05, 4.69) is 36.4 Å². The van der Waals surface area contributed by atoms with Gasteiger partial charge in [0, 0.05) is 12.6 Å². The summed E-state index contributed by atoms with van der Waals surface area (Å²) in [6, 6.07) is 19.1. The number of quaternary nitrogens is 1. The maximum absolute atomic E-state index is 14.2. The molecule has 7 heteroatoms. The first-order valence-corrected chi connectivity index (χ1v) is 10.1. The van der Waals surface area contributed by atoms with Crippen LogP contribution in [0, 0.1) is 10.6 Å². The first kappa shape index (κ1) is 20.3. The zero-order valence-electron chi connectivity index (χ0n) is 17.2. The number of fused-ring (bicyclic) bond motifs is 1. The Kier molecular flexibility index (Phi) is 5.65. The van der Waals surface area contributed by atoms with Crippen molar-refractivity contribution in [1.29, 1.82) is 0 Å². The van der Waals surface area contributed by atoms with Crippen LogP contribution in [0.25, 0.3) is 22.2 Å². The summed E-state index contributed by atoms with van der Waals surface area (Å²) >= 11 is 5.54. The Balaban J connectivity index is 1.54. The van der Waals surface area contributed by atoms with Crippen molar-refractivity contribution in [3.63, 3.8) is 0 Å². The van der Waals surface area contributed by atoms with Gasteiger partial charge in [0.1, 0.15) is 18.1 Å². The first-order chi connectivity index (χ1) is 14.5. The Bertz CT molecular complexity index is 1260. The summed E-state index contributed by atoms with van der Waals surface area (Å²) in [5, 5.41) is 6.92. The lowest BCUT2D eigenvalue weighted by atomic mass is 10.1. The maximum Gasteiger partial charge on any atom is 0.202 e. The third-order valence-corrected chi connectivity index (χ3v) is 5.68. The van der Waals surface area contributed by atoms with Crippen LogP contribution < -0.4 is 9.64 Å². The van der Waals surface area contributed by atoms with E-state index in [1.54, 1.807) is 34.6 Å². The third kappa shape index (κ3) is 3.99. The molecule has 5 nitrogen and oxygen atoms in total. The second-order valence-corrected chi connectivity index (χ2v) is 7.85. The normalized spacial score (nSPS) is 12.3. The molecule has 4 aromatic rings. The average molecular weight is 424 g/mol. The van der Waals surface area contributed by atoms with Crippen LogP contribution >= 0.6 is 12.2 Å². The highest BCUT2D eigenvalue weighted by Gasteiger charge is 2.15. The highest BCUT2D eigenvalue weighted by Crippen LogP contribution is 2.22. The van der Waals surface area contributed by atoms with E-state index in [1.165, 1.54) is 21.9 Å². The standard InChI is InChI=1S/C23H23FN4OS/c1-26(14-16-8-9-18-13-19(29-3)11-10-17(18)12-16)15-28-23(30)27(2)22(25-28)20-6-4-5-7-21(20)24/h4-13H,14-15H2,1-3H3/p+1. The van der Waals surface area contributed by atoms with Gasteiger partial charge in [-0.15, -0.1) is 5.10 Å². The van der Waals surface area contributed by atoms with Gasteiger partial charge in [-0.2, -0.15) is 4.68 Å². The molecule has 3 aromatic carbocycles. The lowest BCUT2D eigenvalue weighted by molar-refractivity contribution is -0.917. The molecule has 1 aromatic heterocycles. The number of rotatable bonds is 6. The van der Waals surface area contributed by atoms with Gasteiger partial charge in [0.2, 0.25) is 4.77 Å². The molecule has 0 amide bonds. The van der Waals surface area contributed by atoms with Crippen LogP contribution in [0.15, 0.2) is 60.7 Å². The number of ether oxygens (including phenoxy) is 1. The second-order valence-electron chi connectivity index (χ2n) is 7.48. The number of nitrogens with one attached hydrogen (secondary N) is 1. The number of aromatic nitrogens is 3. The van der Waals surface area contributed by atoms with Crippen LogP contribution in [0.3, 0.4) is 0 Å². The van der Waals surface area contributed by atoms with Crippen LogP contribution in [0.1, 0.15) is 5.56 Å². The molecule has 1 atom stereocenters. The van der Waals surface area contributed by atoms with E-state index in [0.717, 1.165) is 17.7 Å². The van der Waals surface area contributed by atoms with Crippen molar-refractivity contribution in [2.75, 3.05) is 14.2 Å². The molecule has 0 radical (unpaired) electrons. The average Bonchev–Trinajstić information content (AvgIpc) is 3.02. The molecule has 0 saturated carbocycles. The van der Waals surface area contributed by atoms with Crippen LogP contribution in [0.4, 0.5) is 4.39 Å². The fourth-order valence-corrected chi connectivity index (χ4v) is 3.83. The topological polar surface area (TPSA) is 36.4 Å². The van der Waals surface area contributed by atoms with Crippen molar-refractivity contribution in [3.8, 4) is 17.1 Å². The summed E-state index contributed by atoms with van der Waals surface area (Å²) in [6.45, 7) is 1.40. The van der Waals surface area contributed by atoms with Gasteiger partial charge in [-0.25, -0.2) is 4.39 Å². The minimum atomic E-state index is -0.304. The molecule has 0 saturated heterocycles. The van der Waals surface area contributed by atoms with Gasteiger partial charge in [0.05, 0.1) is 19.7 Å². The number of benzene rings is 3. The van der Waals surface area contributed by atoms with Crippen molar-refractivity contribution in [3.05, 3.63) is 76.8 Å². The van der Waals surface area contributed by atoms with Gasteiger partial charge in [0.15, 0.2) is 12.5 Å². The summed E-state index contributed by atoms with van der Waals surface area (Å²) < 4.78 is 23.6. The summed E-state index contributed by atoms with van der Waals surface area (Å²) in [7, 11) is 5.59. The number of nitrogens with zero attached hydrogens (tertiary/aromatic N) is 3. The van der Waals surface area contributed by atoms with Crippen molar-refractivity contribution < 1.29 is 14.0 Å². The van der Waals surface area contributed by atoms with Gasteiger partial charge in [-0.3, -0.25) is 0 Å². The van der Waals surface area contributed by atoms with Gasteiger partial charge < -0.3 is 14.2 Å². The van der Waals surface area contributed by atoms with Crippen LogP contribution in [-0.4, -0.2) is 28.5 Å². The lowest BCUT2D eigenvalue weighted by Gasteiger charge is -2.14. The fraction of sp³-hybridized carbons (Fsp3) is 0.217. The predicted octanol–water partition coefficient (Wildman–Crippen LogP) is 3.59. The summed E-state index contributed by atoms with van der Waals surface area (Å²) in [6.07, 6.45) is 0. The van der Waals surface area contributed by atoms with E-state index < -0.39 is 0 Å². The molecule has 0 bridgehead atoms. The highest BCUT2D eigenvalue weighted by molar-refractivity contribution is 7.71. The monoisotopic (exact) mass is 423 g/mol. The number of hydrogen-bond acceptors (Lipinski definition) is 3. The largest absolute Gasteiger partial charge is 0.497 e. The molecule has 0 fully saturated rings. The van der Waals surface area contributed by atoms with Crippen LogP contribution in [-0.2, 0) is 20.3 Å². The fourth-order valence-electron chi connectivity index (χ4n) is 3.64. The van der Waals surface area contributed by atoms with Gasteiger partial charge >= 0.3 is 0 Å². The Morgan fingerprint density at radius 2 is 1.80 bits per heavy atom. The smallest absolute Gasteiger partial charge is 0.202 e. The van der Waals surface area contributed by atoms with Gasteiger partial charge in [-0.05, 0) is 53.3 Å². The summed E-state index contributed by atoms with van der Waals surface area (Å²) in [4.78, 5) is 1.22. The van der Waals surface area contributed by atoms with E-state index in [4.69, 9.17) is 17.0 Å². The van der Waals surface area contributed by atoms with E-state index in [-0.39, 0.29) is 5.82 Å². The lowest BCUT2D eigenvalue weighted by Crippen LogP contribution is -3.07. The number of hydrogen-bond donors (Lipinski definition) is 1. The molecule has 0 aliphatic heterocycles. The number of methoxy groups -OCH3 is 1. The summed E-state index contributed by atoms with van der Waals surface area (Å²) in [5.41, 5.74) is 1.68. The van der Waals surface area contributed by atoms with Crippen molar-refractivity contribution in [2.24, 2.45) is 7.05 Å². The Labute approximate surface area is 179 Å². The van der Waals surface area contributed by atoms with E-state index in [0.29, 0.717) is 22.8 Å². The highest BCUT2D eigenvalue weighted by atomic mass is 32.1. The molecular weight excluding hydrogens is 399 g/mol. The third-order valence-electron chi connectivity index (χ3n) is 5.19. The molecule has 1 heterocycles. The second kappa shape index (κ2) is 8.38. The van der Waals surface area contributed by atoms with Gasteiger partial charge in [0.25, 0.3) is 0 Å². The predicted molar refractivity (Wildman–Crippen MR) is 119 cm³/mol. The Morgan fingerprint density at radius 1 is 1.07 bits per heavy atom. The van der Waals surface area contributed by atoms with E-state index in [1.807, 2.05) is 19.2 Å². The quantitative estimate of drug-likeness (QED) is 0.482. The van der Waals surface area contributed by atoms with E-state index in [9.17, 15) is 4.39 Å². The Morgan fingerprint density at radius 3 is 2.57 bits per heavy atom. The molecule has 0 aliphatic rings. The molecule has 1 unspecified atom stereocenters. The SMILES string of the molecule is COc1ccc2cc(C[NH+](C)Cn3nc(-c4ccccc4F)n(C)c3=S)ccc2c1. The van der Waals surface area contributed by atoms with Crippen LogP contribution in [0.5, 0.6) is 5.75 Å². The zero-order valence-corrected chi connectivity index (χ0v) is 18.0. The molecule has 1 N–H and O–H groups in total. The molecule has 154 valence electrons.